The average Bonchev–Trinajstić information content (AvgIpc) is 2.45. The number of carbonyl (C=O) groups is 2. The van der Waals surface area contributed by atoms with Gasteiger partial charge in [-0.3, -0.25) is 4.79 Å². The smallest absolute Gasteiger partial charge is 0.316 e. The van der Waals surface area contributed by atoms with Crippen molar-refractivity contribution in [3.8, 4) is 0 Å². The van der Waals surface area contributed by atoms with Crippen LogP contribution in [0.5, 0.6) is 0 Å². The minimum absolute atomic E-state index is 0.0473. The van der Waals surface area contributed by atoms with Gasteiger partial charge in [0.2, 0.25) is 0 Å². The predicted octanol–water partition coefficient (Wildman–Crippen LogP) is 0.653. The van der Waals surface area contributed by atoms with E-state index in [0.717, 1.165) is 0 Å². The molecule has 0 aliphatic carbocycles. The van der Waals surface area contributed by atoms with Crippen LogP contribution in [0.1, 0.15) is 17.3 Å². The van der Waals surface area contributed by atoms with E-state index in [4.69, 9.17) is 0 Å². The fourth-order valence-corrected chi connectivity index (χ4v) is 1.51. The molecule has 116 valence electrons. The van der Waals surface area contributed by atoms with Gasteiger partial charge in [0.25, 0.3) is 5.91 Å². The second-order valence-corrected chi connectivity index (χ2v) is 4.43. The largest absolute Gasteiger partial charge is 0.368 e. The lowest BCUT2D eigenvalue weighted by molar-refractivity contribution is 0.0949. The van der Waals surface area contributed by atoms with E-state index in [1.807, 2.05) is 0 Å². The summed E-state index contributed by atoms with van der Waals surface area (Å²) in [6.07, 6.45) is 1.36. The normalized spacial score (nSPS) is 9.90. The lowest BCUT2D eigenvalue weighted by Gasteiger charge is -2.12. The first-order valence-electron chi connectivity index (χ1n) is 6.59. The molecule has 0 radical (unpaired) electrons. The van der Waals surface area contributed by atoms with E-state index in [0.29, 0.717) is 6.54 Å². The summed E-state index contributed by atoms with van der Waals surface area (Å²) in [6.45, 7) is 2.78. The zero-order valence-corrected chi connectivity index (χ0v) is 12.4. The summed E-state index contributed by atoms with van der Waals surface area (Å²) in [5, 5.41) is 7.86. The number of pyridine rings is 1. The van der Waals surface area contributed by atoms with Gasteiger partial charge in [-0.25, -0.2) is 14.2 Å². The van der Waals surface area contributed by atoms with Crippen molar-refractivity contribution in [3.63, 3.8) is 0 Å². The Morgan fingerprint density at radius 1 is 1.29 bits per heavy atom. The van der Waals surface area contributed by atoms with Crippen LogP contribution in [0.15, 0.2) is 12.3 Å². The molecular formula is C13H20FN5O2. The van der Waals surface area contributed by atoms with Gasteiger partial charge in [-0.05, 0) is 13.0 Å². The van der Waals surface area contributed by atoms with Crippen LogP contribution in [0.4, 0.5) is 15.0 Å². The van der Waals surface area contributed by atoms with Crippen LogP contribution in [0.3, 0.4) is 0 Å². The third kappa shape index (κ3) is 4.90. The van der Waals surface area contributed by atoms with Crippen LogP contribution in [-0.4, -0.2) is 55.6 Å². The molecule has 0 saturated carbocycles. The van der Waals surface area contributed by atoms with E-state index < -0.39 is 11.7 Å². The first kappa shape index (κ1) is 16.7. The molecule has 7 nitrogen and oxygen atoms in total. The molecule has 1 rings (SSSR count). The van der Waals surface area contributed by atoms with Gasteiger partial charge in [0.05, 0.1) is 5.56 Å². The number of hydrogen-bond acceptors (Lipinski definition) is 4. The first-order chi connectivity index (χ1) is 9.97. The van der Waals surface area contributed by atoms with Crippen molar-refractivity contribution in [1.29, 1.82) is 0 Å². The average molecular weight is 297 g/mol. The van der Waals surface area contributed by atoms with Crippen molar-refractivity contribution in [2.45, 2.75) is 6.92 Å². The molecule has 0 bridgehead atoms. The number of carbonyl (C=O) groups excluding carboxylic acids is 2. The van der Waals surface area contributed by atoms with Gasteiger partial charge < -0.3 is 20.9 Å². The van der Waals surface area contributed by atoms with Crippen molar-refractivity contribution in [3.05, 3.63) is 23.6 Å². The van der Waals surface area contributed by atoms with Gasteiger partial charge in [0, 0.05) is 39.9 Å². The molecule has 0 unspecified atom stereocenters. The number of anilines is 1. The molecule has 0 atom stereocenters. The molecule has 8 heteroatoms. The topological polar surface area (TPSA) is 86.4 Å². The van der Waals surface area contributed by atoms with Crippen LogP contribution in [-0.2, 0) is 0 Å². The third-order valence-corrected chi connectivity index (χ3v) is 2.57. The van der Waals surface area contributed by atoms with E-state index in [2.05, 4.69) is 20.9 Å². The van der Waals surface area contributed by atoms with Gasteiger partial charge in [-0.15, -0.1) is 0 Å². The Kier molecular flexibility index (Phi) is 6.38. The Balaban J connectivity index is 2.53. The van der Waals surface area contributed by atoms with E-state index in [9.17, 15) is 14.0 Å². The van der Waals surface area contributed by atoms with Gasteiger partial charge in [-0.1, -0.05) is 0 Å². The van der Waals surface area contributed by atoms with Gasteiger partial charge in [-0.2, -0.15) is 0 Å². The lowest BCUT2D eigenvalue weighted by Crippen LogP contribution is -2.39. The number of amides is 3. The Hall–Kier alpha value is -2.38. The van der Waals surface area contributed by atoms with E-state index in [1.165, 1.54) is 17.2 Å². The van der Waals surface area contributed by atoms with E-state index >= 15 is 0 Å². The van der Waals surface area contributed by atoms with Gasteiger partial charge in [0.1, 0.15) is 0 Å². The molecule has 0 spiro atoms. The lowest BCUT2D eigenvalue weighted by atomic mass is 10.2. The Labute approximate surface area is 122 Å². The van der Waals surface area contributed by atoms with Crippen LogP contribution in [0, 0.1) is 5.82 Å². The quantitative estimate of drug-likeness (QED) is 0.673. The highest BCUT2D eigenvalue weighted by Gasteiger charge is 2.15. The number of aromatic nitrogens is 1. The van der Waals surface area contributed by atoms with E-state index in [1.54, 1.807) is 21.0 Å². The minimum atomic E-state index is -0.686. The molecule has 1 aromatic heterocycles. The van der Waals surface area contributed by atoms with Gasteiger partial charge in [0.15, 0.2) is 11.6 Å². The summed E-state index contributed by atoms with van der Waals surface area (Å²) in [4.78, 5) is 28.3. The van der Waals surface area contributed by atoms with Crippen LogP contribution >= 0.6 is 0 Å². The SMILES string of the molecule is CCNc1nccc(C(=O)NCCNC(=O)N(C)C)c1F. The molecule has 1 heterocycles. The summed E-state index contributed by atoms with van der Waals surface area (Å²) in [7, 11) is 3.23. The number of rotatable bonds is 6. The Morgan fingerprint density at radius 3 is 2.57 bits per heavy atom. The highest BCUT2D eigenvalue weighted by atomic mass is 19.1. The fourth-order valence-electron chi connectivity index (χ4n) is 1.51. The van der Waals surface area contributed by atoms with Crippen molar-refractivity contribution in [2.75, 3.05) is 39.0 Å². The number of urea groups is 1. The second kappa shape index (κ2) is 8.03. The maximum Gasteiger partial charge on any atom is 0.316 e. The monoisotopic (exact) mass is 297 g/mol. The molecule has 1 aromatic rings. The molecular weight excluding hydrogens is 277 g/mol. The Bertz CT molecular complexity index is 507. The third-order valence-electron chi connectivity index (χ3n) is 2.57. The zero-order valence-electron chi connectivity index (χ0n) is 12.4. The number of hydrogen-bond donors (Lipinski definition) is 3. The fraction of sp³-hybridized carbons (Fsp3) is 0.462. The standard InChI is InChI=1S/C13H20FN5O2/c1-4-15-11-10(14)9(5-6-16-11)12(20)17-7-8-18-13(21)19(2)3/h5-6H,4,7-8H2,1-3H3,(H,15,16)(H,17,20)(H,18,21). The van der Waals surface area contributed by atoms with Crippen molar-refractivity contribution in [1.82, 2.24) is 20.5 Å². The molecule has 3 amide bonds. The molecule has 21 heavy (non-hydrogen) atoms. The zero-order chi connectivity index (χ0) is 15.8. The molecule has 0 aliphatic rings. The summed E-state index contributed by atoms with van der Waals surface area (Å²) in [5.74, 6) is -1.19. The predicted molar refractivity (Wildman–Crippen MR) is 77.8 cm³/mol. The molecule has 0 aromatic carbocycles. The van der Waals surface area contributed by atoms with Crippen molar-refractivity contribution in [2.24, 2.45) is 0 Å². The summed E-state index contributed by atoms with van der Waals surface area (Å²) in [6, 6.07) is 1.05. The maximum absolute atomic E-state index is 14.0. The summed E-state index contributed by atoms with van der Waals surface area (Å²) >= 11 is 0. The highest BCUT2D eigenvalue weighted by Crippen LogP contribution is 2.14. The van der Waals surface area contributed by atoms with Crippen LogP contribution in [0.2, 0.25) is 0 Å². The second-order valence-electron chi connectivity index (χ2n) is 4.43. The number of nitrogens with one attached hydrogen (secondary N) is 3. The van der Waals surface area contributed by atoms with E-state index in [-0.39, 0.29) is 30.5 Å². The first-order valence-corrected chi connectivity index (χ1v) is 6.59. The highest BCUT2D eigenvalue weighted by molar-refractivity contribution is 5.95. The van der Waals surface area contributed by atoms with Crippen LogP contribution in [0.25, 0.3) is 0 Å². The molecule has 0 aliphatic heterocycles. The van der Waals surface area contributed by atoms with Crippen LogP contribution < -0.4 is 16.0 Å². The molecule has 0 saturated heterocycles. The summed E-state index contributed by atoms with van der Waals surface area (Å²) < 4.78 is 14.0. The number of halogens is 1. The van der Waals surface area contributed by atoms with Gasteiger partial charge >= 0.3 is 6.03 Å². The van der Waals surface area contributed by atoms with Crippen molar-refractivity contribution >= 4 is 17.8 Å². The maximum atomic E-state index is 14.0. The molecule has 0 fully saturated rings. The number of nitrogens with zero attached hydrogens (tertiary/aromatic N) is 2. The molecule has 3 N–H and O–H groups in total. The Morgan fingerprint density at radius 2 is 1.95 bits per heavy atom. The summed E-state index contributed by atoms with van der Waals surface area (Å²) in [5.41, 5.74) is -0.0834. The van der Waals surface area contributed by atoms with Crippen molar-refractivity contribution < 1.29 is 14.0 Å². The minimum Gasteiger partial charge on any atom is -0.368 e.